The van der Waals surface area contributed by atoms with Gasteiger partial charge in [0, 0.05) is 23.9 Å². The van der Waals surface area contributed by atoms with Crippen molar-refractivity contribution in [1.82, 2.24) is 24.7 Å². The summed E-state index contributed by atoms with van der Waals surface area (Å²) in [5.41, 5.74) is -1.59. The van der Waals surface area contributed by atoms with Gasteiger partial charge in [0.1, 0.15) is 49.3 Å². The molecule has 1 radical (unpaired) electrons. The predicted octanol–water partition coefficient (Wildman–Crippen LogP) is 7.68. The van der Waals surface area contributed by atoms with Crippen LogP contribution in [0.1, 0.15) is 34.9 Å². The van der Waals surface area contributed by atoms with Gasteiger partial charge in [-0.15, -0.1) is 5.10 Å². The Morgan fingerprint density at radius 3 is 1.94 bits per heavy atom. The lowest BCUT2D eigenvalue weighted by Crippen LogP contribution is -2.42. The van der Waals surface area contributed by atoms with E-state index in [9.17, 15) is 9.59 Å². The molecule has 3 heterocycles. The van der Waals surface area contributed by atoms with Gasteiger partial charge in [-0.25, -0.2) is 4.79 Å². The van der Waals surface area contributed by atoms with Gasteiger partial charge in [-0.1, -0.05) is 154 Å². The fourth-order valence-electron chi connectivity index (χ4n) is 8.45. The summed E-state index contributed by atoms with van der Waals surface area (Å²) >= 11 is 8.00. The van der Waals surface area contributed by atoms with E-state index in [1.54, 1.807) is 21.1 Å². The number of aromatic nitrogens is 5. The second-order valence-corrected chi connectivity index (χ2v) is 25.0. The van der Waals surface area contributed by atoms with E-state index in [0.717, 1.165) is 22.7 Å². The van der Waals surface area contributed by atoms with Crippen molar-refractivity contribution in [2.24, 2.45) is 0 Å². The fraction of sp³-hybridized carbons (Fsp3) is 0.216. The first kappa shape index (κ1) is 47.0. The number of methoxy groups -OCH3 is 2. The van der Waals surface area contributed by atoms with Crippen molar-refractivity contribution in [2.75, 3.05) is 26.6 Å². The number of para-hydroxylation sites is 1. The number of hydrogen-bond acceptors (Lipinski definition) is 12. The number of aryl methyl sites for hydroxylation is 1. The summed E-state index contributed by atoms with van der Waals surface area (Å²) in [5, 5.41) is 11.3. The number of benzene rings is 6. The molecule has 1 aliphatic heterocycles. The van der Waals surface area contributed by atoms with Gasteiger partial charge in [0.25, 0.3) is 5.56 Å². The number of fused-ring (bicyclic) bond motifs is 1. The first-order chi connectivity index (χ1) is 33.2. The molecule has 0 spiro atoms. The lowest BCUT2D eigenvalue weighted by Gasteiger charge is -2.37. The first-order valence-corrected chi connectivity index (χ1v) is 28.0. The van der Waals surface area contributed by atoms with Crippen LogP contribution in [-0.4, -0.2) is 72.3 Å². The van der Waals surface area contributed by atoms with E-state index in [4.69, 9.17) is 39.9 Å². The minimum Gasteiger partial charge on any atom is -0.497 e. The molecule has 17 heteroatoms. The van der Waals surface area contributed by atoms with Gasteiger partial charge >= 0.3 is 11.4 Å². The number of H-pyrrole nitrogens is 1. The van der Waals surface area contributed by atoms with Crippen molar-refractivity contribution in [3.05, 3.63) is 213 Å². The lowest BCUT2D eigenvalue weighted by molar-refractivity contribution is -0.0916. The second kappa shape index (κ2) is 21.0. The minimum atomic E-state index is -3.42. The van der Waals surface area contributed by atoms with Crippen LogP contribution in [0.15, 0.2) is 180 Å². The molecule has 1 aliphatic rings. The maximum Gasteiger partial charge on any atom is 0.330 e. The van der Waals surface area contributed by atoms with E-state index >= 15 is 0 Å². The Balaban J connectivity index is 1.10. The molecule has 2 aromatic heterocycles. The average Bonchev–Trinajstić information content (AvgIpc) is 3.98. The van der Waals surface area contributed by atoms with Crippen LogP contribution >= 0.6 is 17.1 Å². The summed E-state index contributed by atoms with van der Waals surface area (Å²) in [7, 11) is 2.01. The highest BCUT2D eigenvalue weighted by atomic mass is 32.9. The maximum atomic E-state index is 13.5. The quantitative estimate of drug-likeness (QED) is 0.0483. The van der Waals surface area contributed by atoms with Crippen molar-refractivity contribution in [3.8, 4) is 11.5 Å². The molecular formula is C51H49N5O8PS2Si. The first-order valence-electron chi connectivity index (χ1n) is 22.0. The third-order valence-corrected chi connectivity index (χ3v) is 20.0. The summed E-state index contributed by atoms with van der Waals surface area (Å²) in [4.78, 5) is 29.9. The average molecular weight is 983 g/mol. The molecule has 8 aromatic rings. The third-order valence-electron chi connectivity index (χ3n) is 11.9. The molecule has 1 saturated heterocycles. The van der Waals surface area contributed by atoms with Crippen molar-refractivity contribution >= 4 is 59.1 Å². The van der Waals surface area contributed by atoms with Crippen LogP contribution in [0.25, 0.3) is 11.0 Å². The molecule has 1 unspecified atom stereocenters. The number of aromatic amines is 1. The molecule has 68 heavy (non-hydrogen) atoms. The minimum absolute atomic E-state index is 0.0351. The molecule has 1 fully saturated rings. The largest absolute Gasteiger partial charge is 0.497 e. The summed E-state index contributed by atoms with van der Waals surface area (Å²) < 4.78 is 40.7. The normalized spacial score (nSPS) is 17.0. The van der Waals surface area contributed by atoms with Crippen LogP contribution < -0.4 is 35.7 Å². The van der Waals surface area contributed by atoms with Gasteiger partial charge in [0.05, 0.1) is 26.9 Å². The highest BCUT2D eigenvalue weighted by Gasteiger charge is 2.45. The zero-order valence-electron chi connectivity index (χ0n) is 37.5. The molecule has 1 N–H and O–H groups in total. The van der Waals surface area contributed by atoms with Crippen LogP contribution in [0.3, 0.4) is 0 Å². The highest BCUT2D eigenvalue weighted by Crippen LogP contribution is 2.61. The van der Waals surface area contributed by atoms with Crippen molar-refractivity contribution in [2.45, 2.75) is 43.4 Å². The predicted molar refractivity (Wildman–Crippen MR) is 271 cm³/mol. The third kappa shape index (κ3) is 10.2. The molecule has 0 saturated carbocycles. The monoisotopic (exact) mass is 982 g/mol. The van der Waals surface area contributed by atoms with E-state index in [1.165, 1.54) is 37.4 Å². The van der Waals surface area contributed by atoms with Crippen LogP contribution in [0.2, 0.25) is 6.04 Å². The zero-order valence-corrected chi connectivity index (χ0v) is 41.1. The fourth-order valence-corrected chi connectivity index (χ4v) is 16.5. The van der Waals surface area contributed by atoms with E-state index in [0.29, 0.717) is 33.8 Å². The topological polar surface area (TPSA) is 141 Å². The Labute approximate surface area is 404 Å². The lowest BCUT2D eigenvalue weighted by atomic mass is 9.80. The Morgan fingerprint density at radius 1 is 0.779 bits per heavy atom. The molecule has 0 amide bonds. The molecule has 6 aromatic carbocycles. The van der Waals surface area contributed by atoms with Crippen LogP contribution in [-0.2, 0) is 31.4 Å². The van der Waals surface area contributed by atoms with Gasteiger partial charge in [0.2, 0.25) is 0 Å². The number of rotatable bonds is 19. The van der Waals surface area contributed by atoms with Gasteiger partial charge in [-0.2, -0.15) is 0 Å². The highest BCUT2D eigenvalue weighted by molar-refractivity contribution is 8.68. The SMILES string of the molecule is COc1ccc(C(OC[C@H]2O[C@@H](n3cc(C)c(=O)[nH]c3=O)C[C@@H]2OP(=S)(On2nnc3ccccc32)SCC[Si](c2ccccc2)c2ccccc2)(c2ccccc2)c2ccc(OC)cc2)cc1. The molecule has 13 nitrogen and oxygen atoms in total. The Morgan fingerprint density at radius 2 is 1.34 bits per heavy atom. The summed E-state index contributed by atoms with van der Waals surface area (Å²) in [6.45, 7) is 1.61. The van der Waals surface area contributed by atoms with E-state index in [-0.39, 0.29) is 13.0 Å². The van der Waals surface area contributed by atoms with Crippen molar-refractivity contribution in [3.63, 3.8) is 0 Å². The zero-order chi connectivity index (χ0) is 47.1. The van der Waals surface area contributed by atoms with Crippen molar-refractivity contribution in [1.29, 1.82) is 0 Å². The molecular weight excluding hydrogens is 934 g/mol. The molecule has 347 valence electrons. The van der Waals surface area contributed by atoms with Gasteiger partial charge < -0.3 is 28.1 Å². The van der Waals surface area contributed by atoms with Gasteiger partial charge in [0.15, 0.2) is 0 Å². The number of hydrogen-bond donors (Lipinski definition) is 1. The second-order valence-electron chi connectivity index (χ2n) is 16.1. The van der Waals surface area contributed by atoms with E-state index < -0.39 is 49.8 Å². The Kier molecular flexibility index (Phi) is 14.5. The molecule has 4 atom stereocenters. The summed E-state index contributed by atoms with van der Waals surface area (Å²) in [5.74, 6) is 1.98. The van der Waals surface area contributed by atoms with Crippen LogP contribution in [0.4, 0.5) is 0 Å². The Bertz CT molecular complexity index is 3020. The molecule has 0 aliphatic carbocycles. The van der Waals surface area contributed by atoms with E-state index in [2.05, 4.69) is 63.8 Å². The number of ether oxygens (including phenoxy) is 4. The van der Waals surface area contributed by atoms with Gasteiger partial charge in [-0.3, -0.25) is 14.3 Å². The standard InChI is InChI=1S/C51H49N5O8PS2Si/c1-36-34-55(50(58)52-49(36)57)48-33-46(47(62-48)35-61-51(37-15-7-4-8-16-37,38-23-27-40(59-2)28-24-38)39-25-29-41(60-3)30-26-39)63-65(66,64-56-45-22-14-13-21-44(45)53-54-56)67-31-32-68(42-17-9-5-10-18-42)43-19-11-6-12-20-43/h4-30,34,46-48H,31-33,35H2,1-3H3,(H,52,57,58)/t46-,47+,48+,65?/m0/s1. The van der Waals surface area contributed by atoms with Crippen LogP contribution in [0.5, 0.6) is 11.5 Å². The smallest absolute Gasteiger partial charge is 0.330 e. The summed E-state index contributed by atoms with van der Waals surface area (Å²) in [6.07, 6.45) is -0.774. The van der Waals surface area contributed by atoms with Crippen molar-refractivity contribution < 1.29 is 28.1 Å². The van der Waals surface area contributed by atoms with Gasteiger partial charge in [-0.05, 0) is 83.1 Å². The molecule has 9 rings (SSSR count). The summed E-state index contributed by atoms with van der Waals surface area (Å²) in [6, 6.07) is 54.9. The van der Waals surface area contributed by atoms with E-state index in [1.807, 2.05) is 115 Å². The Hall–Kier alpha value is -6.10. The maximum absolute atomic E-state index is 13.5. The number of nitrogens with zero attached hydrogens (tertiary/aromatic N) is 4. The number of nitrogens with one attached hydrogen (secondary N) is 1. The van der Waals surface area contributed by atoms with Crippen LogP contribution in [0, 0.1) is 6.92 Å². The molecule has 0 bridgehead atoms.